The molecule has 0 saturated carbocycles. The Morgan fingerprint density at radius 3 is 2.38 bits per heavy atom. The molecule has 7 nitrogen and oxygen atoms in total. The number of fused-ring (bicyclic) bond motifs is 1. The number of benzene rings is 1. The van der Waals surface area contributed by atoms with Crippen LogP contribution in [0.25, 0.3) is 0 Å². The predicted molar refractivity (Wildman–Crippen MR) is 83.8 cm³/mol. The van der Waals surface area contributed by atoms with E-state index >= 15 is 0 Å². The number of hydrogen-bond donors (Lipinski definition) is 0. The average Bonchev–Trinajstić information content (AvgIpc) is 2.99. The minimum absolute atomic E-state index is 0.106. The smallest absolute Gasteiger partial charge is 0.297 e. The van der Waals surface area contributed by atoms with Crippen LogP contribution < -0.4 is 0 Å². The van der Waals surface area contributed by atoms with E-state index in [1.807, 2.05) is 6.92 Å². The molecule has 24 heavy (non-hydrogen) atoms. The van der Waals surface area contributed by atoms with E-state index in [-0.39, 0.29) is 11.5 Å². The van der Waals surface area contributed by atoms with Gasteiger partial charge in [-0.1, -0.05) is 17.7 Å². The van der Waals surface area contributed by atoms with Crippen LogP contribution in [-0.4, -0.2) is 52.5 Å². The largest absolute Gasteiger partial charge is 0.353 e. The fraction of sp³-hybridized carbons (Fsp3) is 0.625. The zero-order valence-corrected chi connectivity index (χ0v) is 14.9. The zero-order valence-electron chi connectivity index (χ0n) is 14.1. The highest BCUT2D eigenvalue weighted by Crippen LogP contribution is 2.39. The Labute approximate surface area is 141 Å². The Morgan fingerprint density at radius 1 is 1.12 bits per heavy atom. The molecule has 0 spiro atoms. The monoisotopic (exact) mass is 358 g/mol. The van der Waals surface area contributed by atoms with Crippen molar-refractivity contribution in [2.24, 2.45) is 0 Å². The Bertz CT molecular complexity index is 683. The summed E-state index contributed by atoms with van der Waals surface area (Å²) in [5, 5.41) is 0. The summed E-state index contributed by atoms with van der Waals surface area (Å²) in [5.41, 5.74) is 0.970. The van der Waals surface area contributed by atoms with Crippen molar-refractivity contribution in [3.8, 4) is 0 Å². The molecule has 1 aromatic carbocycles. The van der Waals surface area contributed by atoms with Gasteiger partial charge in [-0.2, -0.15) is 8.42 Å². The summed E-state index contributed by atoms with van der Waals surface area (Å²) < 4.78 is 52.2. The molecule has 2 saturated heterocycles. The van der Waals surface area contributed by atoms with Crippen molar-refractivity contribution in [3.63, 3.8) is 0 Å². The van der Waals surface area contributed by atoms with Crippen LogP contribution in [0.5, 0.6) is 0 Å². The van der Waals surface area contributed by atoms with Crippen LogP contribution in [0.2, 0.25) is 0 Å². The molecule has 0 aliphatic carbocycles. The second-order valence-electron chi connectivity index (χ2n) is 6.40. The molecule has 0 radical (unpaired) electrons. The summed E-state index contributed by atoms with van der Waals surface area (Å²) in [6.07, 6.45) is -2.08. The highest BCUT2D eigenvalue weighted by atomic mass is 32.2. The molecular formula is C16H22O7S. The van der Waals surface area contributed by atoms with E-state index in [4.69, 9.17) is 23.1 Å². The first-order valence-corrected chi connectivity index (χ1v) is 9.13. The van der Waals surface area contributed by atoms with Gasteiger partial charge in [-0.15, -0.1) is 0 Å². The lowest BCUT2D eigenvalue weighted by Gasteiger charge is -2.23. The molecule has 8 heteroatoms. The van der Waals surface area contributed by atoms with Gasteiger partial charge in [-0.05, 0) is 32.9 Å². The highest BCUT2D eigenvalue weighted by molar-refractivity contribution is 7.86. The third-order valence-corrected chi connectivity index (χ3v) is 5.33. The summed E-state index contributed by atoms with van der Waals surface area (Å²) >= 11 is 0. The summed E-state index contributed by atoms with van der Waals surface area (Å²) in [5.74, 6) is -0.774. The summed E-state index contributed by atoms with van der Waals surface area (Å²) in [7, 11) is -2.36. The molecule has 1 aromatic rings. The van der Waals surface area contributed by atoms with E-state index in [1.165, 1.54) is 19.2 Å². The molecule has 0 aromatic heterocycles. The van der Waals surface area contributed by atoms with Crippen molar-refractivity contribution in [1.29, 1.82) is 0 Å². The number of rotatable bonds is 5. The first kappa shape index (κ1) is 17.8. The Kier molecular flexibility index (Phi) is 4.71. The van der Waals surface area contributed by atoms with E-state index in [1.54, 1.807) is 26.0 Å². The summed E-state index contributed by atoms with van der Waals surface area (Å²) in [4.78, 5) is 0.106. The van der Waals surface area contributed by atoms with Crippen LogP contribution in [0.1, 0.15) is 19.4 Å². The highest BCUT2D eigenvalue weighted by Gasteiger charge is 2.55. The standard InChI is InChI=1S/C16H22O7S/c1-10-5-7-11(8-6-10)24(17,18)20-9-12-13-14(15(19-4)21-12)23-16(2,3)22-13/h5-8,12-15H,9H2,1-4H3/t12-,13+,14+,15+/m1/s1. The molecule has 134 valence electrons. The van der Waals surface area contributed by atoms with E-state index < -0.39 is 40.5 Å². The van der Waals surface area contributed by atoms with Crippen LogP contribution in [0.3, 0.4) is 0 Å². The SMILES string of the molecule is CO[C@H]1O[C@H](COS(=O)(=O)c2ccc(C)cc2)[C@@H]2OC(C)(C)O[C@H]12. The van der Waals surface area contributed by atoms with Gasteiger partial charge in [0.15, 0.2) is 12.1 Å². The molecule has 0 unspecified atom stereocenters. The molecule has 2 aliphatic rings. The zero-order chi connectivity index (χ0) is 17.5. The molecule has 2 fully saturated rings. The van der Waals surface area contributed by atoms with Crippen LogP contribution in [0, 0.1) is 6.92 Å². The molecule has 0 amide bonds. The van der Waals surface area contributed by atoms with Gasteiger partial charge in [0.05, 0.1) is 11.5 Å². The van der Waals surface area contributed by atoms with Crippen molar-refractivity contribution in [2.45, 2.75) is 56.1 Å². The Morgan fingerprint density at radius 2 is 1.75 bits per heavy atom. The van der Waals surface area contributed by atoms with Gasteiger partial charge in [-0.3, -0.25) is 4.18 Å². The third-order valence-electron chi connectivity index (χ3n) is 4.04. The Hall–Kier alpha value is -1.03. The van der Waals surface area contributed by atoms with Crippen molar-refractivity contribution >= 4 is 10.1 Å². The molecule has 2 heterocycles. The first-order valence-electron chi connectivity index (χ1n) is 7.72. The maximum Gasteiger partial charge on any atom is 0.297 e. The van der Waals surface area contributed by atoms with Gasteiger partial charge in [0.2, 0.25) is 0 Å². The van der Waals surface area contributed by atoms with E-state index in [2.05, 4.69) is 0 Å². The van der Waals surface area contributed by atoms with Crippen LogP contribution in [-0.2, 0) is 33.2 Å². The minimum atomic E-state index is -3.86. The van der Waals surface area contributed by atoms with Gasteiger partial charge in [0, 0.05) is 7.11 Å². The maximum absolute atomic E-state index is 12.3. The van der Waals surface area contributed by atoms with E-state index in [9.17, 15) is 8.42 Å². The topological polar surface area (TPSA) is 80.3 Å². The molecule has 2 aliphatic heterocycles. The number of methoxy groups -OCH3 is 1. The van der Waals surface area contributed by atoms with Crippen molar-refractivity contribution in [2.75, 3.05) is 13.7 Å². The molecule has 4 atom stereocenters. The number of hydrogen-bond acceptors (Lipinski definition) is 7. The number of aryl methyl sites for hydroxylation is 1. The lowest BCUT2D eigenvalue weighted by molar-refractivity contribution is -0.229. The minimum Gasteiger partial charge on any atom is -0.353 e. The van der Waals surface area contributed by atoms with Gasteiger partial charge in [0.1, 0.15) is 18.3 Å². The first-order chi connectivity index (χ1) is 11.2. The van der Waals surface area contributed by atoms with Gasteiger partial charge < -0.3 is 18.9 Å². The van der Waals surface area contributed by atoms with Crippen LogP contribution in [0.15, 0.2) is 29.2 Å². The fourth-order valence-corrected chi connectivity index (χ4v) is 3.81. The second kappa shape index (κ2) is 6.36. The molecule has 0 N–H and O–H groups in total. The predicted octanol–water partition coefficient (Wildman–Crippen LogP) is 1.59. The molecule has 0 bridgehead atoms. The van der Waals surface area contributed by atoms with Gasteiger partial charge >= 0.3 is 0 Å². The lowest BCUT2D eigenvalue weighted by atomic mass is 10.1. The fourth-order valence-electron chi connectivity index (χ4n) is 2.90. The lowest BCUT2D eigenvalue weighted by Crippen LogP contribution is -2.33. The number of ether oxygens (including phenoxy) is 4. The van der Waals surface area contributed by atoms with Crippen molar-refractivity contribution in [1.82, 2.24) is 0 Å². The molecule has 3 rings (SSSR count). The molecular weight excluding hydrogens is 336 g/mol. The van der Waals surface area contributed by atoms with E-state index in [0.717, 1.165) is 5.56 Å². The quantitative estimate of drug-likeness (QED) is 0.740. The van der Waals surface area contributed by atoms with Crippen LogP contribution >= 0.6 is 0 Å². The van der Waals surface area contributed by atoms with Gasteiger partial charge in [-0.25, -0.2) is 0 Å². The summed E-state index contributed by atoms with van der Waals surface area (Å²) in [6.45, 7) is 5.29. The van der Waals surface area contributed by atoms with Crippen molar-refractivity contribution in [3.05, 3.63) is 29.8 Å². The van der Waals surface area contributed by atoms with Crippen molar-refractivity contribution < 1.29 is 31.5 Å². The van der Waals surface area contributed by atoms with E-state index in [0.29, 0.717) is 0 Å². The van der Waals surface area contributed by atoms with Gasteiger partial charge in [0.25, 0.3) is 10.1 Å². The second-order valence-corrected chi connectivity index (χ2v) is 8.01. The van der Waals surface area contributed by atoms with Crippen LogP contribution in [0.4, 0.5) is 0 Å². The summed E-state index contributed by atoms with van der Waals surface area (Å²) in [6, 6.07) is 6.46. The Balaban J connectivity index is 1.69. The third kappa shape index (κ3) is 3.49. The maximum atomic E-state index is 12.3. The average molecular weight is 358 g/mol. The normalized spacial score (nSPS) is 32.0.